The van der Waals surface area contributed by atoms with Crippen molar-refractivity contribution >= 4 is 40.5 Å². The van der Waals surface area contributed by atoms with Gasteiger partial charge in [0.1, 0.15) is 12.1 Å². The van der Waals surface area contributed by atoms with Crippen molar-refractivity contribution in [3.63, 3.8) is 0 Å². The Hall–Kier alpha value is -3.13. The molecule has 0 saturated carbocycles. The maximum atomic E-state index is 11.1. The SMILES string of the molecule is COc1cc2ncnc(Nc3ccc(C)c([N+](=O)[O-])c3)c2cc1OC.Cl. The average Bonchev–Trinajstić information content (AvgIpc) is 2.62. The molecule has 0 aliphatic rings. The fourth-order valence-electron chi connectivity index (χ4n) is 2.50. The van der Waals surface area contributed by atoms with Crippen molar-refractivity contribution in [2.45, 2.75) is 6.92 Å². The lowest BCUT2D eigenvalue weighted by molar-refractivity contribution is -0.385. The van der Waals surface area contributed by atoms with E-state index < -0.39 is 4.92 Å². The molecule has 0 aliphatic heterocycles. The van der Waals surface area contributed by atoms with Crippen LogP contribution in [0.4, 0.5) is 17.2 Å². The molecule has 3 rings (SSSR count). The zero-order valence-electron chi connectivity index (χ0n) is 14.3. The number of aryl methyl sites for hydroxylation is 1. The summed E-state index contributed by atoms with van der Waals surface area (Å²) in [6.07, 6.45) is 1.42. The second kappa shape index (κ2) is 7.83. The first kappa shape index (κ1) is 19.2. The molecule has 0 amide bonds. The summed E-state index contributed by atoms with van der Waals surface area (Å²) < 4.78 is 10.6. The van der Waals surface area contributed by atoms with E-state index in [1.165, 1.54) is 12.4 Å². The number of fused-ring (bicyclic) bond motifs is 1. The van der Waals surface area contributed by atoms with Crippen molar-refractivity contribution in [1.82, 2.24) is 9.97 Å². The normalized spacial score (nSPS) is 10.1. The molecule has 0 radical (unpaired) electrons. The van der Waals surface area contributed by atoms with Gasteiger partial charge in [-0.1, -0.05) is 6.07 Å². The standard InChI is InChI=1S/C17H16N4O4.ClH/c1-10-4-5-11(6-14(10)21(22)23)20-17-12-7-15(24-2)16(25-3)8-13(12)18-9-19-17;/h4-9H,1-3H3,(H,18,19,20);1H. The highest BCUT2D eigenvalue weighted by Crippen LogP contribution is 2.34. The minimum absolute atomic E-state index is 0. The van der Waals surface area contributed by atoms with Crippen LogP contribution in [0.15, 0.2) is 36.7 Å². The largest absolute Gasteiger partial charge is 0.493 e. The van der Waals surface area contributed by atoms with Crippen molar-refractivity contribution in [1.29, 1.82) is 0 Å². The Balaban J connectivity index is 0.00000243. The molecule has 1 N–H and O–H groups in total. The Morgan fingerprint density at radius 2 is 1.77 bits per heavy atom. The van der Waals surface area contributed by atoms with Crippen molar-refractivity contribution in [2.75, 3.05) is 19.5 Å². The molecular formula is C17H17ClN4O4. The van der Waals surface area contributed by atoms with E-state index >= 15 is 0 Å². The van der Waals surface area contributed by atoms with Gasteiger partial charge in [-0.25, -0.2) is 9.97 Å². The number of methoxy groups -OCH3 is 2. The van der Waals surface area contributed by atoms with Gasteiger partial charge in [0.05, 0.1) is 24.7 Å². The molecule has 0 spiro atoms. The number of hydrogen-bond acceptors (Lipinski definition) is 7. The van der Waals surface area contributed by atoms with E-state index in [0.717, 1.165) is 0 Å². The number of aromatic nitrogens is 2. The number of nitro groups is 1. The highest BCUT2D eigenvalue weighted by atomic mass is 35.5. The van der Waals surface area contributed by atoms with E-state index in [1.807, 2.05) is 0 Å². The van der Waals surface area contributed by atoms with Gasteiger partial charge in [-0.3, -0.25) is 10.1 Å². The molecule has 1 heterocycles. The summed E-state index contributed by atoms with van der Waals surface area (Å²) in [4.78, 5) is 19.2. The molecule has 0 fully saturated rings. The van der Waals surface area contributed by atoms with Crippen molar-refractivity contribution in [3.05, 3.63) is 52.3 Å². The average molecular weight is 377 g/mol. The van der Waals surface area contributed by atoms with E-state index in [-0.39, 0.29) is 18.1 Å². The predicted octanol–water partition coefficient (Wildman–Crippen LogP) is 4.03. The van der Waals surface area contributed by atoms with Gasteiger partial charge in [-0.2, -0.15) is 0 Å². The van der Waals surface area contributed by atoms with Crippen LogP contribution in [0.2, 0.25) is 0 Å². The molecule has 1 aromatic heterocycles. The quantitative estimate of drug-likeness (QED) is 0.530. The molecule has 3 aromatic rings. The number of anilines is 2. The highest BCUT2D eigenvalue weighted by Gasteiger charge is 2.14. The Morgan fingerprint density at radius 1 is 1.08 bits per heavy atom. The molecule has 136 valence electrons. The highest BCUT2D eigenvalue weighted by molar-refractivity contribution is 5.93. The van der Waals surface area contributed by atoms with Crippen LogP contribution in [0.1, 0.15) is 5.56 Å². The van der Waals surface area contributed by atoms with Gasteiger partial charge in [0.15, 0.2) is 11.5 Å². The second-order valence-electron chi connectivity index (χ2n) is 5.33. The predicted molar refractivity (Wildman–Crippen MR) is 101 cm³/mol. The first-order chi connectivity index (χ1) is 12.0. The summed E-state index contributed by atoms with van der Waals surface area (Å²) in [6, 6.07) is 8.44. The molecule has 0 saturated heterocycles. The fourth-order valence-corrected chi connectivity index (χ4v) is 2.50. The lowest BCUT2D eigenvalue weighted by Crippen LogP contribution is -1.99. The summed E-state index contributed by atoms with van der Waals surface area (Å²) in [5.41, 5.74) is 1.86. The number of ether oxygens (including phenoxy) is 2. The summed E-state index contributed by atoms with van der Waals surface area (Å²) in [6.45, 7) is 1.69. The van der Waals surface area contributed by atoms with Gasteiger partial charge in [0, 0.05) is 28.8 Å². The Bertz CT molecular complexity index is 965. The van der Waals surface area contributed by atoms with Crippen LogP contribution < -0.4 is 14.8 Å². The van der Waals surface area contributed by atoms with Gasteiger partial charge in [0.2, 0.25) is 0 Å². The lowest BCUT2D eigenvalue weighted by atomic mass is 10.1. The number of nitro benzene ring substituents is 1. The number of nitrogens with zero attached hydrogens (tertiary/aromatic N) is 3. The van der Waals surface area contributed by atoms with Gasteiger partial charge < -0.3 is 14.8 Å². The summed E-state index contributed by atoms with van der Waals surface area (Å²) in [5, 5.41) is 14.9. The smallest absolute Gasteiger partial charge is 0.274 e. The summed E-state index contributed by atoms with van der Waals surface area (Å²) in [5.74, 6) is 1.62. The van der Waals surface area contributed by atoms with E-state index in [4.69, 9.17) is 9.47 Å². The maximum Gasteiger partial charge on any atom is 0.274 e. The van der Waals surface area contributed by atoms with Crippen LogP contribution >= 0.6 is 12.4 Å². The van der Waals surface area contributed by atoms with Crippen molar-refractivity contribution in [3.8, 4) is 11.5 Å². The number of benzene rings is 2. The van der Waals surface area contributed by atoms with E-state index in [9.17, 15) is 10.1 Å². The molecule has 0 aliphatic carbocycles. The van der Waals surface area contributed by atoms with E-state index in [2.05, 4.69) is 15.3 Å². The Kier molecular flexibility index (Phi) is 5.78. The lowest BCUT2D eigenvalue weighted by Gasteiger charge is -2.12. The molecular weight excluding hydrogens is 360 g/mol. The molecule has 0 unspecified atom stereocenters. The fraction of sp³-hybridized carbons (Fsp3) is 0.176. The molecule has 8 nitrogen and oxygen atoms in total. The van der Waals surface area contributed by atoms with Crippen LogP contribution in [0.5, 0.6) is 11.5 Å². The second-order valence-corrected chi connectivity index (χ2v) is 5.33. The topological polar surface area (TPSA) is 99.4 Å². The summed E-state index contributed by atoms with van der Waals surface area (Å²) in [7, 11) is 3.10. The van der Waals surface area contributed by atoms with Gasteiger partial charge in [-0.15, -0.1) is 12.4 Å². The van der Waals surface area contributed by atoms with Crippen LogP contribution in [0, 0.1) is 17.0 Å². The number of rotatable bonds is 5. The monoisotopic (exact) mass is 376 g/mol. The zero-order chi connectivity index (χ0) is 18.0. The van der Waals surface area contributed by atoms with Crippen LogP contribution in [-0.2, 0) is 0 Å². The summed E-state index contributed by atoms with van der Waals surface area (Å²) >= 11 is 0. The Labute approximate surface area is 155 Å². The first-order valence-corrected chi connectivity index (χ1v) is 7.42. The molecule has 26 heavy (non-hydrogen) atoms. The van der Waals surface area contributed by atoms with Crippen molar-refractivity contribution in [2.24, 2.45) is 0 Å². The van der Waals surface area contributed by atoms with Gasteiger partial charge >= 0.3 is 0 Å². The maximum absolute atomic E-state index is 11.1. The number of nitrogens with one attached hydrogen (secondary N) is 1. The molecule has 9 heteroatoms. The number of hydrogen-bond donors (Lipinski definition) is 1. The third-order valence-electron chi connectivity index (χ3n) is 3.81. The van der Waals surface area contributed by atoms with E-state index in [1.54, 1.807) is 45.4 Å². The van der Waals surface area contributed by atoms with Crippen LogP contribution in [-0.4, -0.2) is 29.1 Å². The minimum atomic E-state index is -0.410. The molecule has 2 aromatic carbocycles. The first-order valence-electron chi connectivity index (χ1n) is 7.42. The molecule has 0 atom stereocenters. The number of halogens is 1. The van der Waals surface area contributed by atoms with E-state index in [0.29, 0.717) is 39.5 Å². The molecule has 0 bridgehead atoms. The third-order valence-corrected chi connectivity index (χ3v) is 3.81. The van der Waals surface area contributed by atoms with Gasteiger partial charge in [-0.05, 0) is 19.1 Å². The third kappa shape index (κ3) is 3.60. The Morgan fingerprint density at radius 3 is 2.42 bits per heavy atom. The van der Waals surface area contributed by atoms with Crippen LogP contribution in [0.25, 0.3) is 10.9 Å². The zero-order valence-corrected chi connectivity index (χ0v) is 15.2. The van der Waals surface area contributed by atoms with Gasteiger partial charge in [0.25, 0.3) is 5.69 Å². The van der Waals surface area contributed by atoms with Crippen molar-refractivity contribution < 1.29 is 14.4 Å². The van der Waals surface area contributed by atoms with Crippen LogP contribution in [0.3, 0.4) is 0 Å². The minimum Gasteiger partial charge on any atom is -0.493 e.